The standard InChI is InChI=1S/C14H19F2NO/c1-10-4-5-11(15)12(13(10)16)14(18)6-3-8-17(2)9-7-14/h4-5,18H,3,6-9H2,1-2H3. The van der Waals surface area contributed by atoms with Gasteiger partial charge in [0.05, 0.1) is 11.2 Å². The van der Waals surface area contributed by atoms with Crippen molar-refractivity contribution in [3.05, 3.63) is 34.9 Å². The predicted molar refractivity (Wildman–Crippen MR) is 66.3 cm³/mol. The van der Waals surface area contributed by atoms with Crippen molar-refractivity contribution >= 4 is 0 Å². The van der Waals surface area contributed by atoms with Crippen molar-refractivity contribution in [1.29, 1.82) is 0 Å². The first-order chi connectivity index (χ1) is 8.44. The van der Waals surface area contributed by atoms with Gasteiger partial charge in [-0.1, -0.05) is 6.07 Å². The van der Waals surface area contributed by atoms with Crippen LogP contribution < -0.4 is 0 Å². The summed E-state index contributed by atoms with van der Waals surface area (Å²) >= 11 is 0. The molecular formula is C14H19F2NO. The van der Waals surface area contributed by atoms with E-state index in [1.54, 1.807) is 6.92 Å². The minimum atomic E-state index is -1.38. The van der Waals surface area contributed by atoms with Gasteiger partial charge in [0, 0.05) is 6.54 Å². The molecule has 0 aliphatic carbocycles. The third kappa shape index (κ3) is 2.40. The summed E-state index contributed by atoms with van der Waals surface area (Å²) in [7, 11) is 1.95. The van der Waals surface area contributed by atoms with Crippen molar-refractivity contribution in [3.63, 3.8) is 0 Å². The van der Waals surface area contributed by atoms with Crippen molar-refractivity contribution in [1.82, 2.24) is 4.90 Å². The van der Waals surface area contributed by atoms with Crippen LogP contribution in [0.4, 0.5) is 8.78 Å². The van der Waals surface area contributed by atoms with E-state index in [-0.39, 0.29) is 5.56 Å². The summed E-state index contributed by atoms with van der Waals surface area (Å²) in [5.41, 5.74) is -1.17. The fourth-order valence-corrected chi connectivity index (χ4v) is 2.59. The number of nitrogens with zero attached hydrogens (tertiary/aromatic N) is 1. The minimum absolute atomic E-state index is 0.155. The zero-order valence-corrected chi connectivity index (χ0v) is 10.8. The van der Waals surface area contributed by atoms with E-state index >= 15 is 0 Å². The van der Waals surface area contributed by atoms with Gasteiger partial charge in [0.25, 0.3) is 0 Å². The normalized spacial score (nSPS) is 26.1. The number of halogens is 2. The van der Waals surface area contributed by atoms with Gasteiger partial charge in [-0.3, -0.25) is 0 Å². The maximum atomic E-state index is 14.1. The van der Waals surface area contributed by atoms with E-state index < -0.39 is 17.2 Å². The topological polar surface area (TPSA) is 23.5 Å². The Morgan fingerprint density at radius 1 is 1.22 bits per heavy atom. The monoisotopic (exact) mass is 255 g/mol. The fourth-order valence-electron chi connectivity index (χ4n) is 2.59. The first kappa shape index (κ1) is 13.4. The van der Waals surface area contributed by atoms with Crippen LogP contribution >= 0.6 is 0 Å². The highest BCUT2D eigenvalue weighted by Crippen LogP contribution is 2.36. The van der Waals surface area contributed by atoms with Gasteiger partial charge in [-0.15, -0.1) is 0 Å². The van der Waals surface area contributed by atoms with Crippen LogP contribution in [-0.4, -0.2) is 30.1 Å². The lowest BCUT2D eigenvalue weighted by molar-refractivity contribution is 0.0147. The molecule has 1 fully saturated rings. The van der Waals surface area contributed by atoms with Crippen molar-refractivity contribution in [2.75, 3.05) is 20.1 Å². The summed E-state index contributed by atoms with van der Waals surface area (Å²) in [5, 5.41) is 10.6. The molecule has 0 aromatic heterocycles. The van der Waals surface area contributed by atoms with Crippen LogP contribution in [0.1, 0.15) is 30.4 Å². The number of hydrogen-bond acceptors (Lipinski definition) is 2. The summed E-state index contributed by atoms with van der Waals surface area (Å²) < 4.78 is 28.0. The summed E-state index contributed by atoms with van der Waals surface area (Å²) in [5.74, 6) is -1.26. The largest absolute Gasteiger partial charge is 0.385 e. The molecule has 18 heavy (non-hydrogen) atoms. The molecule has 1 atom stereocenters. The molecule has 1 aliphatic rings. The first-order valence-corrected chi connectivity index (χ1v) is 6.30. The minimum Gasteiger partial charge on any atom is -0.385 e. The van der Waals surface area contributed by atoms with Crippen LogP contribution in [0.15, 0.2) is 12.1 Å². The maximum absolute atomic E-state index is 14.1. The Labute approximate surface area is 106 Å². The SMILES string of the molecule is Cc1ccc(F)c(C2(O)CCCN(C)CC2)c1F. The van der Waals surface area contributed by atoms with Gasteiger partial charge >= 0.3 is 0 Å². The van der Waals surface area contributed by atoms with Gasteiger partial charge in [0.2, 0.25) is 0 Å². The van der Waals surface area contributed by atoms with Crippen molar-refractivity contribution in [2.45, 2.75) is 31.8 Å². The molecule has 1 saturated heterocycles. The van der Waals surface area contributed by atoms with E-state index in [9.17, 15) is 13.9 Å². The molecule has 100 valence electrons. The van der Waals surface area contributed by atoms with Gasteiger partial charge in [-0.25, -0.2) is 8.78 Å². The summed E-state index contributed by atoms with van der Waals surface area (Å²) in [4.78, 5) is 2.07. The molecule has 1 unspecified atom stereocenters. The van der Waals surface area contributed by atoms with Gasteiger partial charge in [0.15, 0.2) is 0 Å². The molecule has 0 spiro atoms. The lowest BCUT2D eigenvalue weighted by Crippen LogP contribution is -2.30. The fraction of sp³-hybridized carbons (Fsp3) is 0.571. The molecule has 1 aromatic rings. The van der Waals surface area contributed by atoms with E-state index in [0.717, 1.165) is 13.0 Å². The zero-order chi connectivity index (χ0) is 13.3. The number of aliphatic hydroxyl groups is 1. The molecule has 1 heterocycles. The molecule has 0 saturated carbocycles. The summed E-state index contributed by atoms with van der Waals surface area (Å²) in [6.45, 7) is 3.07. The number of benzene rings is 1. The smallest absolute Gasteiger partial charge is 0.135 e. The van der Waals surface area contributed by atoms with Crippen LogP contribution in [0.5, 0.6) is 0 Å². The second kappa shape index (κ2) is 4.94. The Hall–Kier alpha value is -1.00. The van der Waals surface area contributed by atoms with Crippen molar-refractivity contribution < 1.29 is 13.9 Å². The molecule has 0 amide bonds. The molecule has 2 nitrogen and oxygen atoms in total. The Bertz CT molecular complexity index is 450. The number of hydrogen-bond donors (Lipinski definition) is 1. The number of aryl methyl sites for hydroxylation is 1. The Kier molecular flexibility index (Phi) is 3.69. The van der Waals surface area contributed by atoms with Gasteiger partial charge in [-0.05, 0) is 51.4 Å². The average Bonchev–Trinajstić information content (AvgIpc) is 2.48. The van der Waals surface area contributed by atoms with E-state index in [1.165, 1.54) is 12.1 Å². The van der Waals surface area contributed by atoms with Crippen LogP contribution in [-0.2, 0) is 5.60 Å². The van der Waals surface area contributed by atoms with Crippen LogP contribution in [0.2, 0.25) is 0 Å². The van der Waals surface area contributed by atoms with E-state index in [1.807, 2.05) is 7.05 Å². The van der Waals surface area contributed by atoms with Crippen molar-refractivity contribution in [2.24, 2.45) is 0 Å². The molecule has 1 aliphatic heterocycles. The molecule has 4 heteroatoms. The highest BCUT2D eigenvalue weighted by molar-refractivity contribution is 5.31. The lowest BCUT2D eigenvalue weighted by Gasteiger charge is -2.28. The molecule has 1 N–H and O–H groups in total. The second-order valence-corrected chi connectivity index (χ2v) is 5.24. The molecule has 2 rings (SSSR count). The predicted octanol–water partition coefficient (Wildman–Crippen LogP) is 2.58. The Balaban J connectivity index is 2.43. The molecule has 1 aromatic carbocycles. The van der Waals surface area contributed by atoms with Crippen LogP contribution in [0.3, 0.4) is 0 Å². The molecule has 0 bridgehead atoms. The van der Waals surface area contributed by atoms with Crippen LogP contribution in [0.25, 0.3) is 0 Å². The Morgan fingerprint density at radius 2 is 1.94 bits per heavy atom. The van der Waals surface area contributed by atoms with E-state index in [4.69, 9.17) is 0 Å². The van der Waals surface area contributed by atoms with E-state index in [0.29, 0.717) is 24.9 Å². The van der Waals surface area contributed by atoms with Crippen molar-refractivity contribution in [3.8, 4) is 0 Å². The summed E-state index contributed by atoms with van der Waals surface area (Å²) in [6, 6.07) is 2.64. The lowest BCUT2D eigenvalue weighted by atomic mass is 9.85. The molecule has 0 radical (unpaired) electrons. The number of rotatable bonds is 1. The maximum Gasteiger partial charge on any atom is 0.135 e. The van der Waals surface area contributed by atoms with E-state index in [2.05, 4.69) is 4.90 Å². The molecular weight excluding hydrogens is 236 g/mol. The van der Waals surface area contributed by atoms with Gasteiger partial charge in [0.1, 0.15) is 11.6 Å². The highest BCUT2D eigenvalue weighted by Gasteiger charge is 2.36. The quantitative estimate of drug-likeness (QED) is 0.833. The van der Waals surface area contributed by atoms with Crippen LogP contribution in [0, 0.1) is 18.6 Å². The van der Waals surface area contributed by atoms with Gasteiger partial charge in [-0.2, -0.15) is 0 Å². The number of likely N-dealkylation sites (tertiary alicyclic amines) is 1. The summed E-state index contributed by atoms with van der Waals surface area (Å²) in [6.07, 6.45) is 1.50. The zero-order valence-electron chi connectivity index (χ0n) is 10.8. The Morgan fingerprint density at radius 3 is 2.67 bits per heavy atom. The average molecular weight is 255 g/mol. The third-order valence-corrected chi connectivity index (χ3v) is 3.79. The first-order valence-electron chi connectivity index (χ1n) is 6.30. The third-order valence-electron chi connectivity index (χ3n) is 3.79. The highest BCUT2D eigenvalue weighted by atomic mass is 19.1. The van der Waals surface area contributed by atoms with Gasteiger partial charge < -0.3 is 10.0 Å². The second-order valence-electron chi connectivity index (χ2n) is 5.24.